The number of nitrogens with zero attached hydrogens (tertiary/aromatic N) is 3. The van der Waals surface area contributed by atoms with Crippen LogP contribution in [0.4, 0.5) is 5.82 Å². The zero-order valence-corrected chi connectivity index (χ0v) is 17.7. The Balaban J connectivity index is 2.03. The fraction of sp³-hybridized carbons (Fsp3) is 0.174. The summed E-state index contributed by atoms with van der Waals surface area (Å²) in [6.45, 7) is 0. The SMILES string of the molecule is COc1ccc(-c2cc(-c3ccc(OC)c(OC)c3OC)c3c(N)ncnc3n2)cc1. The number of hydrogen-bond donors (Lipinski definition) is 1. The molecule has 2 heterocycles. The minimum Gasteiger partial charge on any atom is -0.497 e. The monoisotopic (exact) mass is 418 g/mol. The van der Waals surface area contributed by atoms with Crippen LogP contribution in [0, 0.1) is 0 Å². The summed E-state index contributed by atoms with van der Waals surface area (Å²) in [5.74, 6) is 2.64. The number of nitrogens with two attached hydrogens (primary N) is 1. The summed E-state index contributed by atoms with van der Waals surface area (Å²) in [6, 6.07) is 13.3. The molecule has 0 unspecified atom stereocenters. The first kappa shape index (κ1) is 20.2. The van der Waals surface area contributed by atoms with Crippen LogP contribution in [0.3, 0.4) is 0 Å². The third-order valence-corrected chi connectivity index (χ3v) is 5.01. The van der Waals surface area contributed by atoms with Gasteiger partial charge in [-0.2, -0.15) is 0 Å². The Morgan fingerprint density at radius 3 is 2.13 bits per heavy atom. The number of methoxy groups -OCH3 is 4. The van der Waals surface area contributed by atoms with Gasteiger partial charge < -0.3 is 24.7 Å². The van der Waals surface area contributed by atoms with Crippen molar-refractivity contribution in [2.45, 2.75) is 0 Å². The zero-order chi connectivity index (χ0) is 22.0. The molecule has 31 heavy (non-hydrogen) atoms. The Kier molecular flexibility index (Phi) is 5.44. The van der Waals surface area contributed by atoms with E-state index in [1.807, 2.05) is 42.5 Å². The number of nitrogen functional groups attached to an aromatic ring is 1. The van der Waals surface area contributed by atoms with Gasteiger partial charge in [-0.3, -0.25) is 0 Å². The average Bonchev–Trinajstić information content (AvgIpc) is 2.82. The van der Waals surface area contributed by atoms with Crippen LogP contribution in [-0.4, -0.2) is 43.4 Å². The van der Waals surface area contributed by atoms with Gasteiger partial charge in [0.2, 0.25) is 5.75 Å². The van der Waals surface area contributed by atoms with Gasteiger partial charge in [0, 0.05) is 16.7 Å². The van der Waals surface area contributed by atoms with E-state index in [0.717, 1.165) is 28.1 Å². The molecule has 0 saturated carbocycles. The molecule has 0 radical (unpaired) electrons. The molecule has 0 bridgehead atoms. The van der Waals surface area contributed by atoms with Gasteiger partial charge in [0.05, 0.1) is 39.5 Å². The minimum absolute atomic E-state index is 0.325. The lowest BCUT2D eigenvalue weighted by Gasteiger charge is -2.17. The van der Waals surface area contributed by atoms with Crippen molar-refractivity contribution in [1.82, 2.24) is 15.0 Å². The maximum atomic E-state index is 6.23. The van der Waals surface area contributed by atoms with Crippen LogP contribution >= 0.6 is 0 Å². The maximum Gasteiger partial charge on any atom is 0.203 e. The first-order valence-electron chi connectivity index (χ1n) is 9.46. The molecule has 0 aliphatic carbocycles. The van der Waals surface area contributed by atoms with E-state index in [0.29, 0.717) is 34.1 Å². The molecular weight excluding hydrogens is 396 g/mol. The van der Waals surface area contributed by atoms with Crippen molar-refractivity contribution in [2.24, 2.45) is 0 Å². The molecule has 0 atom stereocenters. The lowest BCUT2D eigenvalue weighted by Crippen LogP contribution is -2.01. The van der Waals surface area contributed by atoms with Crippen LogP contribution in [0.15, 0.2) is 48.8 Å². The van der Waals surface area contributed by atoms with Gasteiger partial charge in [0.25, 0.3) is 0 Å². The summed E-state index contributed by atoms with van der Waals surface area (Å²) in [6.07, 6.45) is 1.40. The molecule has 158 valence electrons. The smallest absolute Gasteiger partial charge is 0.203 e. The lowest BCUT2D eigenvalue weighted by molar-refractivity contribution is 0.325. The molecule has 0 aliphatic heterocycles. The quantitative estimate of drug-likeness (QED) is 0.502. The van der Waals surface area contributed by atoms with Gasteiger partial charge in [0.1, 0.15) is 17.9 Å². The Labute approximate surface area is 179 Å². The number of anilines is 1. The van der Waals surface area contributed by atoms with Gasteiger partial charge >= 0.3 is 0 Å². The average molecular weight is 418 g/mol. The van der Waals surface area contributed by atoms with E-state index in [9.17, 15) is 0 Å². The highest BCUT2D eigenvalue weighted by Crippen LogP contribution is 2.46. The van der Waals surface area contributed by atoms with E-state index < -0.39 is 0 Å². The predicted molar refractivity (Wildman–Crippen MR) is 119 cm³/mol. The molecule has 0 fully saturated rings. The summed E-state index contributed by atoms with van der Waals surface area (Å²) in [7, 11) is 6.35. The summed E-state index contributed by atoms with van der Waals surface area (Å²) in [4.78, 5) is 13.2. The predicted octanol–water partition coefficient (Wildman–Crippen LogP) is 3.98. The summed E-state index contributed by atoms with van der Waals surface area (Å²) >= 11 is 0. The number of rotatable bonds is 6. The largest absolute Gasteiger partial charge is 0.497 e. The molecule has 2 aromatic heterocycles. The number of benzene rings is 2. The molecule has 0 aliphatic rings. The Bertz CT molecular complexity index is 1240. The molecular formula is C23H22N4O4. The molecule has 8 heteroatoms. The molecule has 2 N–H and O–H groups in total. The van der Waals surface area contributed by atoms with E-state index in [-0.39, 0.29) is 0 Å². The summed E-state index contributed by atoms with van der Waals surface area (Å²) in [5, 5.41) is 0.630. The molecule has 2 aromatic carbocycles. The van der Waals surface area contributed by atoms with Gasteiger partial charge in [0.15, 0.2) is 17.1 Å². The molecule has 0 saturated heterocycles. The molecule has 8 nitrogen and oxygen atoms in total. The second kappa shape index (κ2) is 8.35. The third-order valence-electron chi connectivity index (χ3n) is 5.01. The maximum absolute atomic E-state index is 6.23. The molecule has 0 spiro atoms. The van der Waals surface area contributed by atoms with Crippen LogP contribution < -0.4 is 24.7 Å². The van der Waals surface area contributed by atoms with E-state index in [1.54, 1.807) is 28.4 Å². The Morgan fingerprint density at radius 1 is 0.742 bits per heavy atom. The highest BCUT2D eigenvalue weighted by molar-refractivity contribution is 6.02. The number of pyridine rings is 1. The fourth-order valence-electron chi connectivity index (χ4n) is 3.52. The van der Waals surface area contributed by atoms with Crippen molar-refractivity contribution >= 4 is 16.9 Å². The summed E-state index contributed by atoms with van der Waals surface area (Å²) in [5.41, 5.74) is 9.86. The first-order chi connectivity index (χ1) is 15.1. The molecule has 4 rings (SSSR count). The van der Waals surface area contributed by atoms with Gasteiger partial charge in [-0.25, -0.2) is 15.0 Å². The van der Waals surface area contributed by atoms with Crippen LogP contribution in [0.2, 0.25) is 0 Å². The van der Waals surface area contributed by atoms with Crippen LogP contribution in [0.5, 0.6) is 23.0 Å². The normalized spacial score (nSPS) is 10.7. The standard InChI is InChI=1S/C23H22N4O4/c1-28-14-7-5-13(6-8-14)17-11-16(19-22(24)25-12-26-23(19)27-17)15-9-10-18(29-2)21(31-4)20(15)30-3/h5-12H,1-4H3,(H2,24,25,26,27). The van der Waals surface area contributed by atoms with Crippen molar-refractivity contribution in [2.75, 3.05) is 34.2 Å². The van der Waals surface area contributed by atoms with Crippen molar-refractivity contribution in [1.29, 1.82) is 0 Å². The Morgan fingerprint density at radius 2 is 1.48 bits per heavy atom. The minimum atomic E-state index is 0.325. The van der Waals surface area contributed by atoms with E-state index in [1.165, 1.54) is 6.33 Å². The van der Waals surface area contributed by atoms with Crippen molar-refractivity contribution in [3.8, 4) is 45.4 Å². The fourth-order valence-corrected chi connectivity index (χ4v) is 3.52. The van der Waals surface area contributed by atoms with Crippen molar-refractivity contribution in [3.63, 3.8) is 0 Å². The van der Waals surface area contributed by atoms with E-state index in [4.69, 9.17) is 29.7 Å². The van der Waals surface area contributed by atoms with Crippen LogP contribution in [-0.2, 0) is 0 Å². The zero-order valence-electron chi connectivity index (χ0n) is 17.7. The lowest BCUT2D eigenvalue weighted by atomic mass is 9.98. The number of ether oxygens (including phenoxy) is 4. The molecule has 0 amide bonds. The second-order valence-electron chi connectivity index (χ2n) is 6.62. The Hall–Kier alpha value is -4.07. The summed E-state index contributed by atoms with van der Waals surface area (Å²) < 4.78 is 21.9. The number of aromatic nitrogens is 3. The van der Waals surface area contributed by atoms with Crippen molar-refractivity contribution < 1.29 is 18.9 Å². The second-order valence-corrected chi connectivity index (χ2v) is 6.62. The highest BCUT2D eigenvalue weighted by Gasteiger charge is 2.21. The van der Waals surface area contributed by atoms with Gasteiger partial charge in [-0.15, -0.1) is 0 Å². The third kappa shape index (κ3) is 3.52. The van der Waals surface area contributed by atoms with Crippen LogP contribution in [0.1, 0.15) is 0 Å². The highest BCUT2D eigenvalue weighted by atomic mass is 16.5. The van der Waals surface area contributed by atoms with E-state index in [2.05, 4.69) is 9.97 Å². The van der Waals surface area contributed by atoms with Gasteiger partial charge in [-0.1, -0.05) is 0 Å². The van der Waals surface area contributed by atoms with Crippen molar-refractivity contribution in [3.05, 3.63) is 48.8 Å². The number of fused-ring (bicyclic) bond motifs is 1. The molecule has 4 aromatic rings. The van der Waals surface area contributed by atoms with Crippen LogP contribution in [0.25, 0.3) is 33.4 Å². The topological polar surface area (TPSA) is 102 Å². The number of hydrogen-bond acceptors (Lipinski definition) is 8. The first-order valence-corrected chi connectivity index (χ1v) is 9.46. The van der Waals surface area contributed by atoms with E-state index >= 15 is 0 Å². The van der Waals surface area contributed by atoms with Gasteiger partial charge in [-0.05, 0) is 42.5 Å².